The van der Waals surface area contributed by atoms with Crippen LogP contribution in [0.2, 0.25) is 0 Å². The number of aryl methyl sites for hydroxylation is 1. The van der Waals surface area contributed by atoms with E-state index in [0.29, 0.717) is 36.0 Å². The molecule has 3 aliphatic rings. The van der Waals surface area contributed by atoms with Crippen molar-refractivity contribution in [2.24, 2.45) is 23.7 Å². The van der Waals surface area contributed by atoms with E-state index < -0.39 is 11.9 Å². The number of benzene rings is 2. The molecule has 0 N–H and O–H groups in total. The van der Waals surface area contributed by atoms with Crippen LogP contribution in [0.15, 0.2) is 48.5 Å². The standard InChI is InChI=1S/C28H30N2O5/c1-17-8-10-22-23(12-17)27(33)30(26(22)32)24-11-9-21(13-18(24)2)35-28(34)20-14-25(31)29(16-20)15-19-6-4-3-5-7-19/h3-7,9,11,13,17,20,22-23H,8,10,12,14-16H2,1-2H3/t17-,20-,22-,23-/m1/s1. The average Bonchev–Trinajstić information content (AvgIpc) is 3.31. The lowest BCUT2D eigenvalue weighted by atomic mass is 9.76. The Bertz CT molecular complexity index is 1180. The smallest absolute Gasteiger partial charge is 0.316 e. The van der Waals surface area contributed by atoms with Gasteiger partial charge in [0.15, 0.2) is 0 Å². The highest BCUT2D eigenvalue weighted by molar-refractivity contribution is 6.22. The number of ether oxygens (including phenoxy) is 1. The molecule has 0 spiro atoms. The van der Waals surface area contributed by atoms with Gasteiger partial charge in [-0.3, -0.25) is 19.2 Å². The lowest BCUT2D eigenvalue weighted by Gasteiger charge is -2.25. The number of hydrogen-bond donors (Lipinski definition) is 0. The number of amides is 3. The van der Waals surface area contributed by atoms with E-state index in [0.717, 1.165) is 24.8 Å². The normalized spacial score (nSPS) is 26.3. The van der Waals surface area contributed by atoms with E-state index in [2.05, 4.69) is 6.92 Å². The first kappa shape index (κ1) is 23.3. The monoisotopic (exact) mass is 474 g/mol. The molecule has 1 saturated carbocycles. The Balaban J connectivity index is 1.25. The molecule has 1 aliphatic carbocycles. The number of rotatable bonds is 5. The maximum atomic E-state index is 13.1. The Hall–Kier alpha value is -3.48. The van der Waals surface area contributed by atoms with Gasteiger partial charge in [0.25, 0.3) is 0 Å². The zero-order valence-electron chi connectivity index (χ0n) is 20.1. The van der Waals surface area contributed by atoms with E-state index in [9.17, 15) is 19.2 Å². The molecule has 2 heterocycles. The summed E-state index contributed by atoms with van der Waals surface area (Å²) < 4.78 is 5.60. The predicted octanol–water partition coefficient (Wildman–Crippen LogP) is 3.87. The fourth-order valence-corrected chi connectivity index (χ4v) is 5.66. The number of esters is 1. The summed E-state index contributed by atoms with van der Waals surface area (Å²) in [5, 5.41) is 0. The second-order valence-corrected chi connectivity index (χ2v) is 10.2. The summed E-state index contributed by atoms with van der Waals surface area (Å²) in [6.07, 6.45) is 2.60. The molecule has 182 valence electrons. The molecule has 3 fully saturated rings. The summed E-state index contributed by atoms with van der Waals surface area (Å²) in [4.78, 5) is 54.3. The minimum absolute atomic E-state index is 0.0656. The van der Waals surface area contributed by atoms with Crippen LogP contribution >= 0.6 is 0 Å². The van der Waals surface area contributed by atoms with E-state index in [1.165, 1.54) is 4.90 Å². The van der Waals surface area contributed by atoms with Crippen molar-refractivity contribution in [1.82, 2.24) is 4.90 Å². The van der Waals surface area contributed by atoms with Crippen molar-refractivity contribution in [3.05, 3.63) is 59.7 Å². The molecule has 5 rings (SSSR count). The van der Waals surface area contributed by atoms with Crippen molar-refractivity contribution >= 4 is 29.4 Å². The Morgan fingerprint density at radius 1 is 1.00 bits per heavy atom. The fourth-order valence-electron chi connectivity index (χ4n) is 5.66. The first-order valence-electron chi connectivity index (χ1n) is 12.3. The Morgan fingerprint density at radius 3 is 2.49 bits per heavy atom. The van der Waals surface area contributed by atoms with E-state index in [1.54, 1.807) is 30.0 Å². The van der Waals surface area contributed by atoms with Crippen molar-refractivity contribution < 1.29 is 23.9 Å². The third-order valence-corrected chi connectivity index (χ3v) is 7.58. The Morgan fingerprint density at radius 2 is 1.74 bits per heavy atom. The molecule has 0 radical (unpaired) electrons. The number of nitrogens with zero attached hydrogens (tertiary/aromatic N) is 2. The van der Waals surface area contributed by atoms with Crippen LogP contribution < -0.4 is 9.64 Å². The van der Waals surface area contributed by atoms with Crippen molar-refractivity contribution in [3.63, 3.8) is 0 Å². The second-order valence-electron chi connectivity index (χ2n) is 10.2. The minimum atomic E-state index is -0.530. The number of carbonyl (C=O) groups excluding carboxylic acids is 4. The van der Waals surface area contributed by atoms with Crippen LogP contribution in [0.1, 0.15) is 43.7 Å². The van der Waals surface area contributed by atoms with Crippen molar-refractivity contribution in [1.29, 1.82) is 0 Å². The van der Waals surface area contributed by atoms with Crippen LogP contribution in [0.5, 0.6) is 5.75 Å². The Kier molecular flexibility index (Phi) is 6.17. The summed E-state index contributed by atoms with van der Waals surface area (Å²) in [6.45, 7) is 4.72. The molecule has 7 nitrogen and oxygen atoms in total. The largest absolute Gasteiger partial charge is 0.426 e. The molecule has 0 aromatic heterocycles. The molecule has 7 heteroatoms. The highest BCUT2D eigenvalue weighted by Gasteiger charge is 2.50. The SMILES string of the molecule is Cc1cc(OC(=O)[C@@H]2CC(=O)N(Cc3ccccc3)C2)ccc1N1C(=O)[C@@H]2CC[C@@H](C)C[C@H]2C1=O. The van der Waals surface area contributed by atoms with Gasteiger partial charge in [-0.05, 0) is 61.4 Å². The van der Waals surface area contributed by atoms with Crippen LogP contribution in [0, 0.1) is 30.6 Å². The van der Waals surface area contributed by atoms with Crippen molar-refractivity contribution in [2.75, 3.05) is 11.4 Å². The Labute approximate surface area is 205 Å². The maximum absolute atomic E-state index is 13.1. The van der Waals surface area contributed by atoms with Gasteiger partial charge in [-0.2, -0.15) is 0 Å². The molecule has 2 aromatic rings. The maximum Gasteiger partial charge on any atom is 0.316 e. The molecular weight excluding hydrogens is 444 g/mol. The van der Waals surface area contributed by atoms with Gasteiger partial charge in [-0.15, -0.1) is 0 Å². The number of imide groups is 1. The average molecular weight is 475 g/mol. The molecule has 0 unspecified atom stereocenters. The first-order chi connectivity index (χ1) is 16.8. The zero-order valence-corrected chi connectivity index (χ0v) is 20.1. The number of hydrogen-bond acceptors (Lipinski definition) is 5. The van der Waals surface area contributed by atoms with Gasteiger partial charge >= 0.3 is 5.97 Å². The van der Waals surface area contributed by atoms with Gasteiger partial charge in [0, 0.05) is 19.5 Å². The van der Waals surface area contributed by atoms with Gasteiger partial charge < -0.3 is 9.64 Å². The lowest BCUT2D eigenvalue weighted by molar-refractivity contribution is -0.139. The molecule has 4 atom stereocenters. The summed E-state index contributed by atoms with van der Waals surface area (Å²) >= 11 is 0. The highest BCUT2D eigenvalue weighted by Crippen LogP contribution is 2.43. The van der Waals surface area contributed by atoms with E-state index in [4.69, 9.17) is 4.74 Å². The molecule has 35 heavy (non-hydrogen) atoms. The second kappa shape index (κ2) is 9.29. The van der Waals surface area contributed by atoms with Gasteiger partial charge in [0.05, 0.1) is 23.4 Å². The lowest BCUT2D eigenvalue weighted by Crippen LogP contribution is -2.31. The van der Waals surface area contributed by atoms with E-state index in [1.807, 2.05) is 30.3 Å². The fraction of sp³-hybridized carbons (Fsp3) is 0.429. The number of fused-ring (bicyclic) bond motifs is 1. The van der Waals surface area contributed by atoms with Crippen molar-refractivity contribution in [2.45, 2.75) is 46.1 Å². The van der Waals surface area contributed by atoms with Gasteiger partial charge in [0.2, 0.25) is 17.7 Å². The van der Waals surface area contributed by atoms with Crippen LogP contribution in [0.3, 0.4) is 0 Å². The number of anilines is 1. The van der Waals surface area contributed by atoms with Crippen LogP contribution in [-0.4, -0.2) is 35.1 Å². The summed E-state index contributed by atoms with van der Waals surface area (Å²) in [5.74, 6) is -0.963. The summed E-state index contributed by atoms with van der Waals surface area (Å²) in [7, 11) is 0. The van der Waals surface area contributed by atoms with Crippen molar-refractivity contribution in [3.8, 4) is 5.75 Å². The van der Waals surface area contributed by atoms with Gasteiger partial charge in [0.1, 0.15) is 5.75 Å². The summed E-state index contributed by atoms with van der Waals surface area (Å²) in [5.41, 5.74) is 2.25. The molecule has 2 aliphatic heterocycles. The molecule has 2 aromatic carbocycles. The topological polar surface area (TPSA) is 84.0 Å². The van der Waals surface area contributed by atoms with E-state index in [-0.39, 0.29) is 36.0 Å². The molecule has 0 bridgehead atoms. The zero-order chi connectivity index (χ0) is 24.7. The van der Waals surface area contributed by atoms with Gasteiger partial charge in [-0.25, -0.2) is 4.90 Å². The minimum Gasteiger partial charge on any atom is -0.426 e. The molecule has 3 amide bonds. The number of likely N-dealkylation sites (tertiary alicyclic amines) is 1. The van der Waals surface area contributed by atoms with Crippen LogP contribution in [-0.2, 0) is 25.7 Å². The van der Waals surface area contributed by atoms with Crippen LogP contribution in [0.4, 0.5) is 5.69 Å². The molecule has 2 saturated heterocycles. The quantitative estimate of drug-likeness (QED) is 0.373. The summed E-state index contributed by atoms with van der Waals surface area (Å²) in [6, 6.07) is 14.6. The third-order valence-electron chi connectivity index (χ3n) is 7.58. The van der Waals surface area contributed by atoms with Crippen LogP contribution in [0.25, 0.3) is 0 Å². The van der Waals surface area contributed by atoms with E-state index >= 15 is 0 Å². The highest BCUT2D eigenvalue weighted by atomic mass is 16.5. The number of carbonyl (C=O) groups is 4. The third kappa shape index (κ3) is 4.47. The first-order valence-corrected chi connectivity index (χ1v) is 12.3. The van der Waals surface area contributed by atoms with Gasteiger partial charge in [-0.1, -0.05) is 37.3 Å². The molecular formula is C28H30N2O5. The predicted molar refractivity (Wildman–Crippen MR) is 129 cm³/mol.